The van der Waals surface area contributed by atoms with Crippen molar-refractivity contribution in [2.75, 3.05) is 23.3 Å². The minimum absolute atomic E-state index is 0.169. The van der Waals surface area contributed by atoms with Crippen molar-refractivity contribution >= 4 is 11.4 Å². The quantitative estimate of drug-likeness (QED) is 0.769. The third-order valence-corrected chi connectivity index (χ3v) is 2.65. The zero-order valence-electron chi connectivity index (χ0n) is 8.85. The normalized spacial score (nSPS) is 15.1. The molecule has 0 amide bonds. The van der Waals surface area contributed by atoms with Gasteiger partial charge in [-0.25, -0.2) is 8.78 Å². The number of rotatable bonds is 1. The lowest BCUT2D eigenvalue weighted by Crippen LogP contribution is -2.39. The summed E-state index contributed by atoms with van der Waals surface area (Å²) in [5.74, 6) is -1.54. The number of anilines is 2. The summed E-state index contributed by atoms with van der Waals surface area (Å²) in [6, 6.07) is 2.91. The zero-order valence-corrected chi connectivity index (χ0v) is 8.85. The molecule has 0 aromatic heterocycles. The van der Waals surface area contributed by atoms with Crippen LogP contribution in [0.2, 0.25) is 0 Å². The molecule has 0 saturated heterocycles. The molecule has 0 unspecified atom stereocenters. The molecule has 0 aliphatic carbocycles. The number of benzene rings is 1. The van der Waals surface area contributed by atoms with E-state index in [9.17, 15) is 8.78 Å². The number of nitrogens with one attached hydrogen (secondary N) is 1. The van der Waals surface area contributed by atoms with Gasteiger partial charge in [0.2, 0.25) is 0 Å². The molecule has 1 aliphatic rings. The van der Waals surface area contributed by atoms with Gasteiger partial charge in [-0.15, -0.1) is 0 Å². The Bertz CT molecular complexity index is 377. The summed E-state index contributed by atoms with van der Waals surface area (Å²) in [5, 5.41) is 3.07. The van der Waals surface area contributed by atoms with Crippen molar-refractivity contribution in [3.05, 3.63) is 23.8 Å². The van der Waals surface area contributed by atoms with Gasteiger partial charge in [0.25, 0.3) is 0 Å². The molecule has 0 bridgehead atoms. The van der Waals surface area contributed by atoms with Gasteiger partial charge in [0, 0.05) is 19.1 Å². The number of fused-ring (bicyclic) bond motifs is 1. The molecular formula is C11H14F2N2. The maximum absolute atomic E-state index is 13.6. The maximum Gasteiger partial charge on any atom is 0.184 e. The summed E-state index contributed by atoms with van der Waals surface area (Å²) < 4.78 is 26.8. The van der Waals surface area contributed by atoms with Crippen LogP contribution in [0.3, 0.4) is 0 Å². The second-order valence-electron chi connectivity index (χ2n) is 3.97. The molecule has 0 fully saturated rings. The molecule has 1 aromatic carbocycles. The Morgan fingerprint density at radius 1 is 1.33 bits per heavy atom. The minimum atomic E-state index is -0.789. The molecule has 0 radical (unpaired) electrons. The van der Waals surface area contributed by atoms with Crippen molar-refractivity contribution < 1.29 is 8.78 Å². The largest absolute Gasteiger partial charge is 0.382 e. The van der Waals surface area contributed by atoms with Crippen molar-refractivity contribution in [3.8, 4) is 0 Å². The second-order valence-corrected chi connectivity index (χ2v) is 3.97. The number of hydrogen-bond donors (Lipinski definition) is 1. The fourth-order valence-electron chi connectivity index (χ4n) is 1.90. The van der Waals surface area contributed by atoms with Crippen LogP contribution in [0.5, 0.6) is 0 Å². The number of halogens is 2. The first-order valence-electron chi connectivity index (χ1n) is 5.09. The van der Waals surface area contributed by atoms with E-state index in [0.717, 1.165) is 12.6 Å². The van der Waals surface area contributed by atoms with E-state index in [0.29, 0.717) is 17.9 Å². The molecule has 1 aromatic rings. The fourth-order valence-corrected chi connectivity index (χ4v) is 1.90. The molecule has 2 nitrogen and oxygen atoms in total. The Morgan fingerprint density at radius 3 is 2.73 bits per heavy atom. The third-order valence-electron chi connectivity index (χ3n) is 2.65. The first-order valence-corrected chi connectivity index (χ1v) is 5.09. The monoisotopic (exact) mass is 212 g/mol. The highest BCUT2D eigenvalue weighted by atomic mass is 19.2. The highest BCUT2D eigenvalue weighted by Crippen LogP contribution is 2.34. The van der Waals surface area contributed by atoms with Crippen LogP contribution in [0.15, 0.2) is 12.1 Å². The van der Waals surface area contributed by atoms with Gasteiger partial charge in [0.15, 0.2) is 11.6 Å². The van der Waals surface area contributed by atoms with Crippen molar-refractivity contribution in [1.82, 2.24) is 0 Å². The summed E-state index contributed by atoms with van der Waals surface area (Å²) in [6.07, 6.45) is 0. The Hall–Kier alpha value is -1.32. The molecule has 1 aliphatic heterocycles. The van der Waals surface area contributed by atoms with Crippen LogP contribution in [0, 0.1) is 11.6 Å². The van der Waals surface area contributed by atoms with Gasteiger partial charge in [-0.2, -0.15) is 0 Å². The van der Waals surface area contributed by atoms with E-state index in [1.165, 1.54) is 0 Å². The molecule has 1 N–H and O–H groups in total. The predicted molar refractivity (Wildman–Crippen MR) is 57.3 cm³/mol. The van der Waals surface area contributed by atoms with Crippen LogP contribution >= 0.6 is 0 Å². The SMILES string of the molecule is CC(C)N1CCNc2ccc(F)c(F)c21. The van der Waals surface area contributed by atoms with Gasteiger partial charge in [-0.1, -0.05) is 0 Å². The van der Waals surface area contributed by atoms with Crippen LogP contribution < -0.4 is 10.2 Å². The second kappa shape index (κ2) is 3.68. The fraction of sp³-hybridized carbons (Fsp3) is 0.455. The molecular weight excluding hydrogens is 198 g/mol. The van der Waals surface area contributed by atoms with Crippen LogP contribution in [0.1, 0.15) is 13.8 Å². The first-order chi connectivity index (χ1) is 7.11. The summed E-state index contributed by atoms with van der Waals surface area (Å²) in [5.41, 5.74) is 1.03. The predicted octanol–water partition coefficient (Wildman–Crippen LogP) is 2.61. The van der Waals surface area contributed by atoms with Gasteiger partial charge in [-0.05, 0) is 26.0 Å². The van der Waals surface area contributed by atoms with Gasteiger partial charge in [-0.3, -0.25) is 0 Å². The lowest BCUT2D eigenvalue weighted by atomic mass is 10.1. The molecule has 4 heteroatoms. The van der Waals surface area contributed by atoms with E-state index >= 15 is 0 Å². The van der Waals surface area contributed by atoms with Gasteiger partial charge in [0.1, 0.15) is 0 Å². The maximum atomic E-state index is 13.6. The highest BCUT2D eigenvalue weighted by Gasteiger charge is 2.24. The highest BCUT2D eigenvalue weighted by molar-refractivity contribution is 5.73. The lowest BCUT2D eigenvalue weighted by Gasteiger charge is -2.35. The van der Waals surface area contributed by atoms with E-state index in [-0.39, 0.29) is 6.04 Å². The third kappa shape index (κ3) is 1.64. The van der Waals surface area contributed by atoms with Crippen molar-refractivity contribution in [2.45, 2.75) is 19.9 Å². The molecule has 1 heterocycles. The molecule has 82 valence electrons. The zero-order chi connectivity index (χ0) is 11.0. The Morgan fingerprint density at radius 2 is 2.07 bits per heavy atom. The van der Waals surface area contributed by atoms with Crippen LogP contribution in [0.4, 0.5) is 20.2 Å². The minimum Gasteiger partial charge on any atom is -0.382 e. The Balaban J connectivity index is 2.53. The van der Waals surface area contributed by atoms with E-state index < -0.39 is 11.6 Å². The smallest absolute Gasteiger partial charge is 0.184 e. The van der Waals surface area contributed by atoms with Gasteiger partial charge >= 0.3 is 0 Å². The molecule has 0 spiro atoms. The van der Waals surface area contributed by atoms with Crippen molar-refractivity contribution in [2.24, 2.45) is 0 Å². The topological polar surface area (TPSA) is 15.3 Å². The summed E-state index contributed by atoms with van der Waals surface area (Å²) in [4.78, 5) is 1.88. The number of nitrogens with zero attached hydrogens (tertiary/aromatic N) is 1. The molecule has 2 rings (SSSR count). The van der Waals surface area contributed by atoms with E-state index in [1.54, 1.807) is 6.07 Å². The van der Waals surface area contributed by atoms with Crippen LogP contribution in [0.25, 0.3) is 0 Å². The average Bonchev–Trinajstić information content (AvgIpc) is 2.23. The van der Waals surface area contributed by atoms with Gasteiger partial charge < -0.3 is 10.2 Å². The average molecular weight is 212 g/mol. The van der Waals surface area contributed by atoms with Crippen LogP contribution in [-0.2, 0) is 0 Å². The Labute approximate surface area is 87.9 Å². The molecule has 0 saturated carbocycles. The molecule has 15 heavy (non-hydrogen) atoms. The van der Waals surface area contributed by atoms with Crippen molar-refractivity contribution in [1.29, 1.82) is 0 Å². The van der Waals surface area contributed by atoms with Gasteiger partial charge in [0.05, 0.1) is 11.4 Å². The summed E-state index contributed by atoms with van der Waals surface area (Å²) in [6.45, 7) is 5.40. The first kappa shape index (κ1) is 10.2. The standard InChI is InChI=1S/C11H14F2N2/c1-7(2)15-6-5-14-9-4-3-8(12)10(13)11(9)15/h3-4,7,14H,5-6H2,1-2H3. The van der Waals surface area contributed by atoms with Crippen molar-refractivity contribution in [3.63, 3.8) is 0 Å². The lowest BCUT2D eigenvalue weighted by molar-refractivity contribution is 0.501. The summed E-state index contributed by atoms with van der Waals surface area (Å²) >= 11 is 0. The van der Waals surface area contributed by atoms with E-state index in [4.69, 9.17) is 0 Å². The molecule has 0 atom stereocenters. The number of hydrogen-bond acceptors (Lipinski definition) is 2. The van der Waals surface area contributed by atoms with E-state index in [2.05, 4.69) is 5.32 Å². The Kier molecular flexibility index (Phi) is 2.50. The van der Waals surface area contributed by atoms with Crippen LogP contribution in [-0.4, -0.2) is 19.1 Å². The summed E-state index contributed by atoms with van der Waals surface area (Å²) in [7, 11) is 0. The van der Waals surface area contributed by atoms with E-state index in [1.807, 2.05) is 18.7 Å².